The van der Waals surface area contributed by atoms with Crippen LogP contribution in [0, 0.1) is 0 Å². The lowest BCUT2D eigenvalue weighted by molar-refractivity contribution is -0.127. The average molecular weight is 273 g/mol. The minimum Gasteiger partial charge on any atom is -0.342 e. The van der Waals surface area contributed by atoms with Gasteiger partial charge >= 0.3 is 0 Å². The van der Waals surface area contributed by atoms with Crippen molar-refractivity contribution in [2.24, 2.45) is 0 Å². The molecule has 5 heteroatoms. The summed E-state index contributed by atoms with van der Waals surface area (Å²) in [7, 11) is 0. The molecule has 0 radical (unpaired) electrons. The van der Waals surface area contributed by atoms with Gasteiger partial charge in [0.05, 0.1) is 5.52 Å². The summed E-state index contributed by atoms with van der Waals surface area (Å²) < 4.78 is 0. The van der Waals surface area contributed by atoms with Crippen LogP contribution in [0.25, 0.3) is 10.9 Å². The smallest absolute Gasteiger partial charge is 0.222 e. The Morgan fingerprint density at radius 3 is 3.00 bits per heavy atom. The summed E-state index contributed by atoms with van der Waals surface area (Å²) in [6.45, 7) is 1.71. The fourth-order valence-electron chi connectivity index (χ4n) is 2.29. The molecule has 1 amide bonds. The van der Waals surface area contributed by atoms with Crippen molar-refractivity contribution in [2.75, 3.05) is 18.8 Å². The second-order valence-corrected chi connectivity index (χ2v) is 5.61. The molecular weight excluding hydrogens is 258 g/mol. The summed E-state index contributed by atoms with van der Waals surface area (Å²) in [6.07, 6.45) is 3.31. The van der Waals surface area contributed by atoms with Crippen molar-refractivity contribution in [1.82, 2.24) is 14.9 Å². The first-order valence-electron chi connectivity index (χ1n) is 6.45. The molecule has 1 fully saturated rings. The third-order valence-electron chi connectivity index (χ3n) is 3.28. The van der Waals surface area contributed by atoms with Crippen LogP contribution in [0.1, 0.15) is 12.8 Å². The second kappa shape index (κ2) is 5.57. The molecule has 0 spiro atoms. The van der Waals surface area contributed by atoms with E-state index in [1.54, 1.807) is 18.1 Å². The molecular formula is C14H15N3OS. The lowest BCUT2D eigenvalue weighted by Gasteiger charge is -2.14. The van der Waals surface area contributed by atoms with Crippen LogP contribution in [0.2, 0.25) is 0 Å². The Bertz CT molecular complexity index is 597. The van der Waals surface area contributed by atoms with Gasteiger partial charge in [0.1, 0.15) is 11.4 Å². The highest BCUT2D eigenvalue weighted by molar-refractivity contribution is 7.99. The van der Waals surface area contributed by atoms with Gasteiger partial charge in [0.15, 0.2) is 0 Å². The highest BCUT2D eigenvalue weighted by Gasteiger charge is 2.19. The van der Waals surface area contributed by atoms with Crippen LogP contribution in [0.3, 0.4) is 0 Å². The normalized spacial score (nSPS) is 15.4. The van der Waals surface area contributed by atoms with Gasteiger partial charge in [-0.3, -0.25) is 4.79 Å². The zero-order chi connectivity index (χ0) is 13.1. The Morgan fingerprint density at radius 1 is 1.26 bits per heavy atom. The largest absolute Gasteiger partial charge is 0.342 e. The summed E-state index contributed by atoms with van der Waals surface area (Å²) >= 11 is 1.69. The highest BCUT2D eigenvalue weighted by atomic mass is 32.2. The van der Waals surface area contributed by atoms with Crippen LogP contribution in [-0.2, 0) is 4.79 Å². The van der Waals surface area contributed by atoms with Crippen molar-refractivity contribution in [1.29, 1.82) is 0 Å². The topological polar surface area (TPSA) is 46.1 Å². The number of fused-ring (bicyclic) bond motifs is 1. The van der Waals surface area contributed by atoms with Gasteiger partial charge in [-0.15, -0.1) is 11.8 Å². The van der Waals surface area contributed by atoms with E-state index in [2.05, 4.69) is 9.97 Å². The lowest BCUT2D eigenvalue weighted by atomic mass is 10.2. The van der Waals surface area contributed by atoms with Crippen LogP contribution in [0.4, 0.5) is 0 Å². The van der Waals surface area contributed by atoms with Crippen molar-refractivity contribution in [2.45, 2.75) is 17.9 Å². The second-order valence-electron chi connectivity index (χ2n) is 4.53. The summed E-state index contributed by atoms with van der Waals surface area (Å²) in [4.78, 5) is 22.0. The Balaban J connectivity index is 1.67. The van der Waals surface area contributed by atoms with E-state index in [-0.39, 0.29) is 5.91 Å². The van der Waals surface area contributed by atoms with Crippen molar-refractivity contribution >= 4 is 28.6 Å². The quantitative estimate of drug-likeness (QED) is 0.633. The van der Waals surface area contributed by atoms with E-state index in [0.717, 1.165) is 41.2 Å². The summed E-state index contributed by atoms with van der Waals surface area (Å²) in [5.41, 5.74) is 0.970. The Hall–Kier alpha value is -1.62. The molecule has 1 saturated heterocycles. The Kier molecular flexibility index (Phi) is 3.64. The number of thioether (sulfide) groups is 1. The van der Waals surface area contributed by atoms with Gasteiger partial charge in [0.2, 0.25) is 5.91 Å². The van der Waals surface area contributed by atoms with Gasteiger partial charge in [-0.1, -0.05) is 18.2 Å². The van der Waals surface area contributed by atoms with Crippen molar-refractivity contribution in [3.05, 3.63) is 30.6 Å². The van der Waals surface area contributed by atoms with Gasteiger partial charge in [0, 0.05) is 30.6 Å². The van der Waals surface area contributed by atoms with Crippen LogP contribution >= 0.6 is 11.8 Å². The number of aromatic nitrogens is 2. The maximum Gasteiger partial charge on any atom is 0.222 e. The molecule has 4 nitrogen and oxygen atoms in total. The molecule has 98 valence electrons. The molecule has 0 N–H and O–H groups in total. The van der Waals surface area contributed by atoms with Gasteiger partial charge in [0.25, 0.3) is 0 Å². The molecule has 3 rings (SSSR count). The van der Waals surface area contributed by atoms with Crippen molar-refractivity contribution < 1.29 is 4.79 Å². The molecule has 1 aromatic heterocycles. The molecule has 0 unspecified atom stereocenters. The van der Waals surface area contributed by atoms with E-state index in [1.165, 1.54) is 0 Å². The van der Waals surface area contributed by atoms with Crippen LogP contribution < -0.4 is 0 Å². The molecule has 0 atom stereocenters. The number of carbonyl (C=O) groups is 1. The molecule has 0 aliphatic carbocycles. The van der Waals surface area contributed by atoms with E-state index >= 15 is 0 Å². The number of hydrogen-bond donors (Lipinski definition) is 0. The van der Waals surface area contributed by atoms with E-state index in [4.69, 9.17) is 0 Å². The fourth-order valence-corrected chi connectivity index (χ4v) is 3.24. The van der Waals surface area contributed by atoms with E-state index < -0.39 is 0 Å². The first kappa shape index (κ1) is 12.4. The van der Waals surface area contributed by atoms with Gasteiger partial charge in [-0.05, 0) is 12.5 Å². The van der Waals surface area contributed by atoms with E-state index in [0.29, 0.717) is 6.42 Å². The predicted octanol–water partition coefficient (Wildman–Crippen LogP) is 2.34. The fraction of sp³-hybridized carbons (Fsp3) is 0.357. The lowest BCUT2D eigenvalue weighted by Crippen LogP contribution is -2.26. The number of likely N-dealkylation sites (tertiary alicyclic amines) is 1. The summed E-state index contributed by atoms with van der Waals surface area (Å²) in [5, 5.41) is 2.08. The minimum absolute atomic E-state index is 0.285. The van der Waals surface area contributed by atoms with E-state index in [9.17, 15) is 4.79 Å². The number of amides is 1. The molecule has 0 bridgehead atoms. The highest BCUT2D eigenvalue weighted by Crippen LogP contribution is 2.24. The molecule has 2 heterocycles. The monoisotopic (exact) mass is 273 g/mol. The third kappa shape index (κ3) is 2.71. The molecule has 1 aliphatic heterocycles. The van der Waals surface area contributed by atoms with Crippen molar-refractivity contribution in [3.63, 3.8) is 0 Å². The SMILES string of the molecule is O=C1CCCN1CCSc1ncnc2ccccc12. The standard InChI is InChI=1S/C14H15N3OS/c18-13-6-3-7-17(13)8-9-19-14-11-4-1-2-5-12(11)15-10-16-14/h1-2,4-5,10H,3,6-9H2. The first-order chi connectivity index (χ1) is 9.34. The summed E-state index contributed by atoms with van der Waals surface area (Å²) in [5.74, 6) is 1.17. The van der Waals surface area contributed by atoms with Crippen LogP contribution in [0.15, 0.2) is 35.6 Å². The number of rotatable bonds is 4. The first-order valence-corrected chi connectivity index (χ1v) is 7.43. The average Bonchev–Trinajstić information content (AvgIpc) is 2.85. The van der Waals surface area contributed by atoms with Crippen LogP contribution in [-0.4, -0.2) is 39.6 Å². The summed E-state index contributed by atoms with van der Waals surface area (Å²) in [6, 6.07) is 8.01. The van der Waals surface area contributed by atoms with Gasteiger partial charge in [-0.25, -0.2) is 9.97 Å². The van der Waals surface area contributed by atoms with Crippen LogP contribution in [0.5, 0.6) is 0 Å². The maximum atomic E-state index is 11.5. The third-order valence-corrected chi connectivity index (χ3v) is 4.26. The zero-order valence-corrected chi connectivity index (χ0v) is 11.4. The molecule has 2 aromatic rings. The number of carbonyl (C=O) groups excluding carboxylic acids is 1. The van der Waals surface area contributed by atoms with Gasteiger partial charge < -0.3 is 4.90 Å². The number of hydrogen-bond acceptors (Lipinski definition) is 4. The number of para-hydroxylation sites is 1. The number of benzene rings is 1. The molecule has 0 saturated carbocycles. The molecule has 1 aromatic carbocycles. The predicted molar refractivity (Wildman–Crippen MR) is 76.1 cm³/mol. The Labute approximate surface area is 116 Å². The maximum absolute atomic E-state index is 11.5. The van der Waals surface area contributed by atoms with Gasteiger partial charge in [-0.2, -0.15) is 0 Å². The van der Waals surface area contributed by atoms with E-state index in [1.807, 2.05) is 29.2 Å². The molecule has 19 heavy (non-hydrogen) atoms. The minimum atomic E-state index is 0.285. The zero-order valence-electron chi connectivity index (χ0n) is 10.6. The molecule has 1 aliphatic rings. The van der Waals surface area contributed by atoms with Crippen molar-refractivity contribution in [3.8, 4) is 0 Å². The Morgan fingerprint density at radius 2 is 2.16 bits per heavy atom. The number of nitrogens with zero attached hydrogens (tertiary/aromatic N) is 3.